The highest BCUT2D eigenvalue weighted by Crippen LogP contribution is 2.45. The van der Waals surface area contributed by atoms with Crippen molar-refractivity contribution < 1.29 is 8.83 Å². The summed E-state index contributed by atoms with van der Waals surface area (Å²) in [5, 5.41) is 5.53. The summed E-state index contributed by atoms with van der Waals surface area (Å²) in [4.78, 5) is 15.7. The summed E-state index contributed by atoms with van der Waals surface area (Å²) in [5.74, 6) is 2.80. The van der Waals surface area contributed by atoms with Crippen LogP contribution in [0, 0.1) is 0 Å². The molecule has 3 heterocycles. The summed E-state index contributed by atoms with van der Waals surface area (Å²) < 4.78 is 12.9. The number of para-hydroxylation sites is 2. The standard InChI is InChI=1S/C48H33N3O2/c1-2-3-5-12-30-19-20-33-28-35(22-21-32(33)27-30)47-49-46(31-13-6-4-7-14-31)50-48(51-47)45-36(25-26-42-44(45)39-16-9-11-18-41(39)52-42)34-23-24-38-37-15-8-10-17-40(37)53-43(38)29-34/h2-24,27-29H,25-26H2,1H3/b3-2-,12-5-. The Labute approximate surface area is 306 Å². The highest BCUT2D eigenvalue weighted by atomic mass is 16.3. The number of rotatable bonds is 6. The van der Waals surface area contributed by atoms with Gasteiger partial charge in [-0.3, -0.25) is 0 Å². The highest BCUT2D eigenvalue weighted by Gasteiger charge is 2.30. The Morgan fingerprint density at radius 1 is 0.509 bits per heavy atom. The van der Waals surface area contributed by atoms with E-state index in [1.807, 2.05) is 61.5 Å². The van der Waals surface area contributed by atoms with Gasteiger partial charge in [-0.15, -0.1) is 0 Å². The lowest BCUT2D eigenvalue weighted by Gasteiger charge is -2.21. The summed E-state index contributed by atoms with van der Waals surface area (Å²) in [6, 6.07) is 46.1. The van der Waals surface area contributed by atoms with Crippen LogP contribution in [0.1, 0.15) is 41.6 Å². The molecule has 0 aliphatic heterocycles. The van der Waals surface area contributed by atoms with Gasteiger partial charge in [0.1, 0.15) is 22.5 Å². The molecule has 5 heteroatoms. The predicted octanol–water partition coefficient (Wildman–Crippen LogP) is 12.5. The average Bonchev–Trinajstić information content (AvgIpc) is 3.78. The first-order valence-corrected chi connectivity index (χ1v) is 18.0. The number of allylic oxidation sites excluding steroid dienone is 4. The van der Waals surface area contributed by atoms with Crippen molar-refractivity contribution in [3.05, 3.63) is 180 Å². The van der Waals surface area contributed by atoms with Crippen LogP contribution in [0.4, 0.5) is 0 Å². The second-order valence-electron chi connectivity index (χ2n) is 13.4. The number of furan rings is 2. The van der Waals surface area contributed by atoms with E-state index in [1.54, 1.807) is 0 Å². The average molecular weight is 684 g/mol. The van der Waals surface area contributed by atoms with Crippen molar-refractivity contribution in [2.75, 3.05) is 0 Å². The quantitative estimate of drug-likeness (QED) is 0.163. The van der Waals surface area contributed by atoms with Crippen LogP contribution >= 0.6 is 0 Å². The van der Waals surface area contributed by atoms with Gasteiger partial charge in [-0.2, -0.15) is 0 Å². The molecule has 0 amide bonds. The fourth-order valence-electron chi connectivity index (χ4n) is 7.63. The van der Waals surface area contributed by atoms with Crippen molar-refractivity contribution >= 4 is 60.9 Å². The van der Waals surface area contributed by atoms with Crippen LogP contribution < -0.4 is 0 Å². The van der Waals surface area contributed by atoms with Crippen molar-refractivity contribution in [2.24, 2.45) is 0 Å². The van der Waals surface area contributed by atoms with E-state index in [2.05, 4.69) is 103 Å². The zero-order valence-corrected chi connectivity index (χ0v) is 29.1. The molecule has 1 aliphatic carbocycles. The molecule has 0 N–H and O–H groups in total. The third-order valence-corrected chi connectivity index (χ3v) is 10.2. The maximum absolute atomic E-state index is 6.52. The minimum atomic E-state index is 0.616. The van der Waals surface area contributed by atoms with Gasteiger partial charge in [-0.25, -0.2) is 15.0 Å². The molecule has 5 nitrogen and oxygen atoms in total. The summed E-state index contributed by atoms with van der Waals surface area (Å²) in [5.41, 5.74) is 9.84. The van der Waals surface area contributed by atoms with Crippen molar-refractivity contribution in [1.29, 1.82) is 0 Å². The zero-order chi connectivity index (χ0) is 35.3. The van der Waals surface area contributed by atoms with E-state index < -0.39 is 0 Å². The fraction of sp³-hybridized carbons (Fsp3) is 0.0625. The third kappa shape index (κ3) is 5.45. The molecule has 0 atom stereocenters. The summed E-state index contributed by atoms with van der Waals surface area (Å²) in [7, 11) is 0. The Kier molecular flexibility index (Phi) is 7.43. The van der Waals surface area contributed by atoms with Crippen LogP contribution in [0.15, 0.2) is 161 Å². The van der Waals surface area contributed by atoms with E-state index in [0.717, 1.165) is 101 Å². The number of nitrogens with zero attached hydrogens (tertiary/aromatic N) is 3. The summed E-state index contributed by atoms with van der Waals surface area (Å²) >= 11 is 0. The Bertz CT molecular complexity index is 2960. The zero-order valence-electron chi connectivity index (χ0n) is 29.1. The molecule has 0 saturated carbocycles. The molecule has 0 spiro atoms. The summed E-state index contributed by atoms with van der Waals surface area (Å²) in [6.45, 7) is 2.02. The molecule has 0 fully saturated rings. The molecule has 252 valence electrons. The van der Waals surface area contributed by atoms with E-state index >= 15 is 0 Å². The minimum absolute atomic E-state index is 0.616. The SMILES string of the molecule is C/C=C\C=C/c1ccc2cc(-c3nc(C4=C(c5ccc6c(c5)oc5ccccc56)CCc5oc6ccccc6c54)nc(-c4ccccc4)n3)ccc2c1. The largest absolute Gasteiger partial charge is 0.460 e. The van der Waals surface area contributed by atoms with Gasteiger partial charge in [-0.05, 0) is 77.2 Å². The van der Waals surface area contributed by atoms with E-state index in [0.29, 0.717) is 17.5 Å². The normalized spacial score (nSPS) is 13.4. The number of aromatic nitrogens is 3. The molecule has 9 aromatic rings. The number of hydrogen-bond acceptors (Lipinski definition) is 5. The van der Waals surface area contributed by atoms with Gasteiger partial charge in [0.25, 0.3) is 0 Å². The molecule has 0 unspecified atom stereocenters. The first-order valence-electron chi connectivity index (χ1n) is 18.0. The lowest BCUT2D eigenvalue weighted by atomic mass is 9.84. The number of aryl methyl sites for hydroxylation is 1. The lowest BCUT2D eigenvalue weighted by molar-refractivity contribution is 0.547. The molecule has 10 rings (SSSR count). The number of benzene rings is 6. The lowest BCUT2D eigenvalue weighted by Crippen LogP contribution is -2.09. The molecule has 0 bridgehead atoms. The van der Waals surface area contributed by atoms with Crippen LogP contribution in [0.5, 0.6) is 0 Å². The third-order valence-electron chi connectivity index (χ3n) is 10.2. The predicted molar refractivity (Wildman–Crippen MR) is 216 cm³/mol. The van der Waals surface area contributed by atoms with Crippen molar-refractivity contribution in [3.63, 3.8) is 0 Å². The topological polar surface area (TPSA) is 65.0 Å². The Hall–Kier alpha value is -6.85. The van der Waals surface area contributed by atoms with Gasteiger partial charge < -0.3 is 8.83 Å². The van der Waals surface area contributed by atoms with Crippen molar-refractivity contribution in [1.82, 2.24) is 15.0 Å². The van der Waals surface area contributed by atoms with Gasteiger partial charge in [0.05, 0.1) is 0 Å². The summed E-state index contributed by atoms with van der Waals surface area (Å²) in [6.07, 6.45) is 9.77. The Morgan fingerprint density at radius 2 is 1.19 bits per heavy atom. The molecular weight excluding hydrogens is 651 g/mol. The molecular formula is C48H33N3O2. The van der Waals surface area contributed by atoms with Crippen molar-refractivity contribution in [2.45, 2.75) is 19.8 Å². The van der Waals surface area contributed by atoms with Crippen LogP contribution in [0.25, 0.3) is 83.7 Å². The fourth-order valence-corrected chi connectivity index (χ4v) is 7.63. The molecule has 6 aromatic carbocycles. The molecule has 3 aromatic heterocycles. The second-order valence-corrected chi connectivity index (χ2v) is 13.4. The second kappa shape index (κ2) is 12.7. The molecule has 0 radical (unpaired) electrons. The maximum atomic E-state index is 6.52. The Balaban J connectivity index is 1.21. The minimum Gasteiger partial charge on any atom is -0.460 e. The van der Waals surface area contributed by atoms with Gasteiger partial charge in [0, 0.05) is 44.8 Å². The van der Waals surface area contributed by atoms with E-state index in [9.17, 15) is 0 Å². The van der Waals surface area contributed by atoms with Crippen molar-refractivity contribution in [3.8, 4) is 22.8 Å². The number of fused-ring (bicyclic) bond motifs is 7. The van der Waals surface area contributed by atoms with Crippen LogP contribution in [0.2, 0.25) is 0 Å². The molecule has 53 heavy (non-hydrogen) atoms. The van der Waals surface area contributed by atoms with Gasteiger partial charge in [0.15, 0.2) is 17.5 Å². The maximum Gasteiger partial charge on any atom is 0.165 e. The van der Waals surface area contributed by atoms with E-state index in [4.69, 9.17) is 23.8 Å². The monoisotopic (exact) mass is 683 g/mol. The van der Waals surface area contributed by atoms with Crippen LogP contribution in [0.3, 0.4) is 0 Å². The van der Waals surface area contributed by atoms with E-state index in [1.165, 1.54) is 0 Å². The van der Waals surface area contributed by atoms with Gasteiger partial charge >= 0.3 is 0 Å². The van der Waals surface area contributed by atoms with Crippen LogP contribution in [-0.2, 0) is 6.42 Å². The first-order chi connectivity index (χ1) is 26.2. The molecule has 1 aliphatic rings. The Morgan fingerprint density at radius 3 is 2.04 bits per heavy atom. The first kappa shape index (κ1) is 30.9. The van der Waals surface area contributed by atoms with Crippen LogP contribution in [-0.4, -0.2) is 15.0 Å². The number of hydrogen-bond donors (Lipinski definition) is 0. The van der Waals surface area contributed by atoms with Gasteiger partial charge in [0.2, 0.25) is 0 Å². The molecule has 0 saturated heterocycles. The smallest absolute Gasteiger partial charge is 0.165 e. The van der Waals surface area contributed by atoms with E-state index in [-0.39, 0.29) is 0 Å². The van der Waals surface area contributed by atoms with Gasteiger partial charge in [-0.1, -0.05) is 121 Å². The highest BCUT2D eigenvalue weighted by molar-refractivity contribution is 6.09.